The van der Waals surface area contributed by atoms with Gasteiger partial charge in [0.2, 0.25) is 0 Å². The van der Waals surface area contributed by atoms with Gasteiger partial charge in [0, 0.05) is 39.8 Å². The number of para-hydroxylation sites is 1. The molecular formula is C46H35NO. The Balaban J connectivity index is 1.23. The van der Waals surface area contributed by atoms with Gasteiger partial charge < -0.3 is 9.32 Å². The van der Waals surface area contributed by atoms with Gasteiger partial charge in [-0.3, -0.25) is 0 Å². The Hall–Kier alpha value is -5.86. The largest absolute Gasteiger partial charge is 0.456 e. The summed E-state index contributed by atoms with van der Waals surface area (Å²) in [5.41, 5.74) is 11.5. The van der Waals surface area contributed by atoms with Crippen molar-refractivity contribution in [1.82, 2.24) is 0 Å². The van der Waals surface area contributed by atoms with Crippen molar-refractivity contribution in [3.05, 3.63) is 181 Å². The van der Waals surface area contributed by atoms with Gasteiger partial charge >= 0.3 is 0 Å². The second-order valence-electron chi connectivity index (χ2n) is 12.7. The van der Waals surface area contributed by atoms with E-state index in [1.165, 1.54) is 44.3 Å². The summed E-state index contributed by atoms with van der Waals surface area (Å²) in [6.45, 7) is 0. The lowest BCUT2D eigenvalue weighted by molar-refractivity contribution is 0.669. The molecule has 2 heteroatoms. The molecule has 2 nitrogen and oxygen atoms in total. The van der Waals surface area contributed by atoms with Crippen LogP contribution in [0.1, 0.15) is 36.3 Å². The number of nitrogens with zero attached hydrogens (tertiary/aromatic N) is 1. The van der Waals surface area contributed by atoms with Gasteiger partial charge in [0.1, 0.15) is 11.2 Å². The molecule has 1 unspecified atom stereocenters. The van der Waals surface area contributed by atoms with Gasteiger partial charge in [-0.25, -0.2) is 0 Å². The first-order valence-electron chi connectivity index (χ1n) is 16.9. The summed E-state index contributed by atoms with van der Waals surface area (Å²) in [5, 5.41) is 4.74. The summed E-state index contributed by atoms with van der Waals surface area (Å²) in [6, 6.07) is 46.2. The summed E-state index contributed by atoms with van der Waals surface area (Å²) >= 11 is 0. The van der Waals surface area contributed by atoms with Crippen LogP contribution in [0.5, 0.6) is 0 Å². The van der Waals surface area contributed by atoms with Crippen molar-refractivity contribution in [1.29, 1.82) is 0 Å². The van der Waals surface area contributed by atoms with E-state index in [-0.39, 0.29) is 0 Å². The average molecular weight is 618 g/mol. The van der Waals surface area contributed by atoms with Gasteiger partial charge in [0.15, 0.2) is 0 Å². The zero-order valence-electron chi connectivity index (χ0n) is 26.7. The highest BCUT2D eigenvalue weighted by Gasteiger charge is 2.22. The molecule has 0 amide bonds. The van der Waals surface area contributed by atoms with E-state index in [9.17, 15) is 0 Å². The van der Waals surface area contributed by atoms with E-state index >= 15 is 0 Å². The Morgan fingerprint density at radius 2 is 1.38 bits per heavy atom. The Bertz CT molecular complexity index is 2420. The van der Waals surface area contributed by atoms with Crippen molar-refractivity contribution in [2.75, 3.05) is 4.90 Å². The molecule has 0 saturated heterocycles. The van der Waals surface area contributed by atoms with Crippen LogP contribution in [0.3, 0.4) is 0 Å². The van der Waals surface area contributed by atoms with Crippen molar-refractivity contribution < 1.29 is 4.42 Å². The van der Waals surface area contributed by atoms with E-state index < -0.39 is 0 Å². The van der Waals surface area contributed by atoms with Crippen molar-refractivity contribution in [2.24, 2.45) is 0 Å². The molecule has 2 aliphatic carbocycles. The number of benzene rings is 6. The number of anilines is 3. The topological polar surface area (TPSA) is 16.4 Å². The van der Waals surface area contributed by atoms with Crippen LogP contribution in [0.2, 0.25) is 0 Å². The van der Waals surface area contributed by atoms with E-state index in [0.29, 0.717) is 5.92 Å². The van der Waals surface area contributed by atoms with Crippen molar-refractivity contribution in [3.8, 4) is 11.1 Å². The summed E-state index contributed by atoms with van der Waals surface area (Å²) in [7, 11) is 0. The maximum atomic E-state index is 6.77. The smallest absolute Gasteiger partial charge is 0.137 e. The van der Waals surface area contributed by atoms with E-state index in [4.69, 9.17) is 4.42 Å². The fraction of sp³-hybridized carbons (Fsp3) is 0.0870. The van der Waals surface area contributed by atoms with Crippen LogP contribution >= 0.6 is 0 Å². The molecule has 2 aliphatic rings. The maximum Gasteiger partial charge on any atom is 0.137 e. The number of furan rings is 1. The quantitative estimate of drug-likeness (QED) is 0.185. The first kappa shape index (κ1) is 28.4. The lowest BCUT2D eigenvalue weighted by atomic mass is 9.90. The molecule has 0 bridgehead atoms. The van der Waals surface area contributed by atoms with Gasteiger partial charge in [-0.05, 0) is 94.3 Å². The molecule has 0 spiro atoms. The van der Waals surface area contributed by atoms with Crippen molar-refractivity contribution in [2.45, 2.75) is 25.2 Å². The predicted molar refractivity (Wildman–Crippen MR) is 203 cm³/mol. The third-order valence-corrected chi connectivity index (χ3v) is 9.87. The average Bonchev–Trinajstić information content (AvgIpc) is 3.54. The SMILES string of the molecule is C1=CCCC(c2ccc(N(c3ccc4c(c3)oc3cc(-c5ccccc5)c5ccccc5c34)c3ccccc3C3C=CC=CC3)cc2)=C1. The molecule has 0 N–H and O–H groups in total. The fourth-order valence-corrected chi connectivity index (χ4v) is 7.54. The number of fused-ring (bicyclic) bond motifs is 5. The summed E-state index contributed by atoms with van der Waals surface area (Å²) < 4.78 is 6.77. The van der Waals surface area contributed by atoms with Crippen LogP contribution in [0.4, 0.5) is 17.1 Å². The number of allylic oxidation sites excluding steroid dienone is 8. The molecule has 1 aromatic heterocycles. The highest BCUT2D eigenvalue weighted by Crippen LogP contribution is 2.45. The zero-order valence-corrected chi connectivity index (χ0v) is 26.7. The highest BCUT2D eigenvalue weighted by molar-refractivity contribution is 6.22. The Morgan fingerprint density at radius 3 is 2.19 bits per heavy atom. The first-order chi connectivity index (χ1) is 23.8. The molecule has 7 aromatic rings. The standard InChI is InChI=1S/C46H35NO/c1-4-14-32(15-5-1)33-24-26-36(27-25-33)47(43-23-13-12-20-38(43)34-16-6-2-7-17-34)37-28-29-41-44(30-37)48-45-31-42(35-18-8-3-9-19-35)39-21-10-11-22-40(39)46(41)45/h1-4,6-14,16,18-31,34H,5,15,17H2. The van der Waals surface area contributed by atoms with Gasteiger partial charge in [-0.1, -0.05) is 127 Å². The Kier molecular flexibility index (Phi) is 7.13. The van der Waals surface area contributed by atoms with Crippen LogP contribution in [-0.4, -0.2) is 0 Å². The van der Waals surface area contributed by atoms with Crippen LogP contribution in [0.25, 0.3) is 49.4 Å². The third kappa shape index (κ3) is 4.98. The lowest BCUT2D eigenvalue weighted by Crippen LogP contribution is -2.13. The number of hydrogen-bond donors (Lipinski definition) is 0. The summed E-state index contributed by atoms with van der Waals surface area (Å²) in [4.78, 5) is 2.40. The minimum Gasteiger partial charge on any atom is -0.456 e. The van der Waals surface area contributed by atoms with E-state index in [0.717, 1.165) is 52.6 Å². The minimum absolute atomic E-state index is 0.310. The highest BCUT2D eigenvalue weighted by atomic mass is 16.3. The molecule has 0 fully saturated rings. The maximum absolute atomic E-state index is 6.77. The fourth-order valence-electron chi connectivity index (χ4n) is 7.54. The third-order valence-electron chi connectivity index (χ3n) is 9.87. The molecule has 1 heterocycles. The van der Waals surface area contributed by atoms with Gasteiger partial charge in [-0.2, -0.15) is 0 Å². The molecule has 9 rings (SSSR count). The molecule has 48 heavy (non-hydrogen) atoms. The minimum atomic E-state index is 0.310. The van der Waals surface area contributed by atoms with E-state index in [1.54, 1.807) is 0 Å². The van der Waals surface area contributed by atoms with Crippen LogP contribution in [0.15, 0.2) is 174 Å². The Morgan fingerprint density at radius 1 is 0.583 bits per heavy atom. The van der Waals surface area contributed by atoms with Crippen LogP contribution in [0, 0.1) is 0 Å². The van der Waals surface area contributed by atoms with Gasteiger partial charge in [-0.15, -0.1) is 0 Å². The number of hydrogen-bond acceptors (Lipinski definition) is 2. The van der Waals surface area contributed by atoms with E-state index in [1.807, 2.05) is 0 Å². The first-order valence-corrected chi connectivity index (χ1v) is 16.9. The summed E-state index contributed by atoms with van der Waals surface area (Å²) in [6.07, 6.45) is 18.7. The van der Waals surface area contributed by atoms with Crippen molar-refractivity contribution >= 4 is 55.3 Å². The second kappa shape index (κ2) is 12.1. The molecule has 1 atom stereocenters. The van der Waals surface area contributed by atoms with Crippen LogP contribution in [-0.2, 0) is 0 Å². The monoisotopic (exact) mass is 617 g/mol. The molecule has 0 radical (unpaired) electrons. The molecule has 230 valence electrons. The number of rotatable bonds is 6. The van der Waals surface area contributed by atoms with E-state index in [2.05, 4.69) is 175 Å². The van der Waals surface area contributed by atoms with Crippen molar-refractivity contribution in [3.63, 3.8) is 0 Å². The predicted octanol–water partition coefficient (Wildman–Crippen LogP) is 13.2. The zero-order chi connectivity index (χ0) is 31.9. The van der Waals surface area contributed by atoms with Gasteiger partial charge in [0.25, 0.3) is 0 Å². The molecular weight excluding hydrogens is 583 g/mol. The lowest BCUT2D eigenvalue weighted by Gasteiger charge is -2.30. The van der Waals surface area contributed by atoms with Crippen LogP contribution < -0.4 is 4.90 Å². The molecule has 0 aliphatic heterocycles. The van der Waals surface area contributed by atoms with Gasteiger partial charge in [0.05, 0.1) is 0 Å². The molecule has 6 aromatic carbocycles. The second-order valence-corrected chi connectivity index (χ2v) is 12.7. The Labute approximate surface area is 281 Å². The summed E-state index contributed by atoms with van der Waals surface area (Å²) in [5.74, 6) is 0.310. The molecule has 0 saturated carbocycles. The normalized spacial score (nSPS) is 15.8.